The van der Waals surface area contributed by atoms with Crippen LogP contribution in [0.15, 0.2) is 84.5 Å². The lowest BCUT2D eigenvalue weighted by Crippen LogP contribution is -2.19. The van der Waals surface area contributed by atoms with Gasteiger partial charge in [0.05, 0.1) is 11.4 Å². The molecule has 7 heteroatoms. The van der Waals surface area contributed by atoms with Crippen molar-refractivity contribution in [2.24, 2.45) is 0 Å². The number of benzene rings is 3. The number of halogens is 1. The average molecular weight is 476 g/mol. The van der Waals surface area contributed by atoms with Gasteiger partial charge in [-0.05, 0) is 17.7 Å². The zero-order chi connectivity index (χ0) is 23.2. The maximum absolute atomic E-state index is 13.6. The van der Waals surface area contributed by atoms with E-state index in [2.05, 4.69) is 4.98 Å². The lowest BCUT2D eigenvalue weighted by atomic mass is 9.83. The normalized spacial score (nSPS) is 11.5. The van der Waals surface area contributed by atoms with Crippen molar-refractivity contribution in [1.29, 1.82) is 0 Å². The molecule has 1 aromatic heterocycles. The quantitative estimate of drug-likeness (QED) is 0.234. The molecular weight excluding hydrogens is 458 g/mol. The lowest BCUT2D eigenvalue weighted by Gasteiger charge is -2.22. The van der Waals surface area contributed by atoms with Crippen LogP contribution in [0.2, 0.25) is 5.02 Å². The summed E-state index contributed by atoms with van der Waals surface area (Å²) in [6, 6.07) is 20.6. The van der Waals surface area contributed by atoms with Crippen LogP contribution in [0.3, 0.4) is 0 Å². The van der Waals surface area contributed by atoms with Gasteiger partial charge in [0.2, 0.25) is 0 Å². The third-order valence-electron chi connectivity index (χ3n) is 5.18. The van der Waals surface area contributed by atoms with E-state index >= 15 is 0 Å². The summed E-state index contributed by atoms with van der Waals surface area (Å²) in [5, 5.41) is 0.261. The number of carbonyl (C=O) groups is 3. The Balaban J connectivity index is 1.98. The number of hydrogen-bond acceptors (Lipinski definition) is 6. The number of thiazole rings is 1. The Morgan fingerprint density at radius 1 is 0.939 bits per heavy atom. The number of hydrogen-bond donors (Lipinski definition) is 0. The SMILES string of the molecule is O=COCC(c1cncs1)c1c(C(=O)c2ccccc2)cc(Cl)cc1C(=O)c1ccccc1. The van der Waals surface area contributed by atoms with Gasteiger partial charge in [-0.3, -0.25) is 19.4 Å². The van der Waals surface area contributed by atoms with E-state index in [0.29, 0.717) is 23.2 Å². The molecule has 3 aromatic carbocycles. The minimum atomic E-state index is -0.578. The van der Waals surface area contributed by atoms with Gasteiger partial charge in [-0.2, -0.15) is 0 Å². The molecule has 1 atom stereocenters. The molecule has 0 radical (unpaired) electrons. The maximum atomic E-state index is 13.6. The average Bonchev–Trinajstić information content (AvgIpc) is 3.39. The zero-order valence-electron chi connectivity index (χ0n) is 17.3. The highest BCUT2D eigenvalue weighted by atomic mass is 35.5. The number of nitrogens with zero attached hydrogens (tertiary/aromatic N) is 1. The van der Waals surface area contributed by atoms with Gasteiger partial charge in [-0.25, -0.2) is 0 Å². The van der Waals surface area contributed by atoms with E-state index < -0.39 is 5.92 Å². The van der Waals surface area contributed by atoms with Gasteiger partial charge < -0.3 is 4.74 Å². The minimum absolute atomic E-state index is 0.0581. The van der Waals surface area contributed by atoms with E-state index in [4.69, 9.17) is 16.3 Å². The first-order chi connectivity index (χ1) is 16.1. The molecule has 4 aromatic rings. The van der Waals surface area contributed by atoms with Crippen molar-refractivity contribution in [2.45, 2.75) is 5.92 Å². The second-order valence-corrected chi connectivity index (χ2v) is 8.55. The molecule has 0 aliphatic heterocycles. The third-order valence-corrected chi connectivity index (χ3v) is 6.29. The Bertz CT molecular complexity index is 1200. The molecule has 0 fully saturated rings. The van der Waals surface area contributed by atoms with E-state index in [0.717, 1.165) is 4.88 Å². The molecule has 0 N–H and O–H groups in total. The molecule has 5 nitrogen and oxygen atoms in total. The molecule has 33 heavy (non-hydrogen) atoms. The summed E-state index contributed by atoms with van der Waals surface area (Å²) in [6.45, 7) is 0.290. The van der Waals surface area contributed by atoms with Crippen molar-refractivity contribution in [3.63, 3.8) is 0 Å². The van der Waals surface area contributed by atoms with E-state index in [9.17, 15) is 14.4 Å². The highest BCUT2D eigenvalue weighted by Gasteiger charge is 2.30. The van der Waals surface area contributed by atoms with Gasteiger partial charge in [-0.1, -0.05) is 72.3 Å². The molecule has 164 valence electrons. The minimum Gasteiger partial charge on any atom is -0.467 e. The smallest absolute Gasteiger partial charge is 0.293 e. The van der Waals surface area contributed by atoms with Crippen LogP contribution in [0.25, 0.3) is 0 Å². The Morgan fingerprint density at radius 3 is 1.94 bits per heavy atom. The summed E-state index contributed by atoms with van der Waals surface area (Å²) in [5.74, 6) is -1.14. The molecule has 0 aliphatic carbocycles. The summed E-state index contributed by atoms with van der Waals surface area (Å²) >= 11 is 7.77. The Kier molecular flexibility index (Phi) is 7.07. The molecule has 0 bridgehead atoms. The first kappa shape index (κ1) is 22.6. The van der Waals surface area contributed by atoms with Crippen LogP contribution in [0.5, 0.6) is 0 Å². The molecular formula is C26H18ClNO4S. The lowest BCUT2D eigenvalue weighted by molar-refractivity contribution is -0.128. The number of ketones is 2. The largest absolute Gasteiger partial charge is 0.467 e. The van der Waals surface area contributed by atoms with Crippen LogP contribution < -0.4 is 0 Å². The summed E-state index contributed by atoms with van der Waals surface area (Å²) in [6.07, 6.45) is 1.64. The van der Waals surface area contributed by atoms with E-state index in [1.165, 1.54) is 11.3 Å². The van der Waals surface area contributed by atoms with E-state index in [1.807, 2.05) is 12.1 Å². The molecule has 0 saturated carbocycles. The van der Waals surface area contributed by atoms with Crippen molar-refractivity contribution < 1.29 is 19.1 Å². The zero-order valence-corrected chi connectivity index (χ0v) is 18.9. The summed E-state index contributed by atoms with van der Waals surface area (Å²) in [5.41, 5.74) is 3.57. The van der Waals surface area contributed by atoms with Gasteiger partial charge in [0.25, 0.3) is 6.47 Å². The fourth-order valence-corrected chi connectivity index (χ4v) is 4.63. The first-order valence-corrected chi connectivity index (χ1v) is 11.3. The highest BCUT2D eigenvalue weighted by Crippen LogP contribution is 2.36. The van der Waals surface area contributed by atoms with Crippen molar-refractivity contribution in [3.05, 3.63) is 122 Å². The van der Waals surface area contributed by atoms with Crippen LogP contribution in [-0.2, 0) is 9.53 Å². The van der Waals surface area contributed by atoms with Crippen LogP contribution in [-0.4, -0.2) is 29.6 Å². The number of ether oxygens (including phenoxy) is 1. The summed E-state index contributed by atoms with van der Waals surface area (Å²) in [7, 11) is 0. The molecule has 0 saturated heterocycles. The second kappa shape index (κ2) is 10.3. The second-order valence-electron chi connectivity index (χ2n) is 7.19. The fraction of sp³-hybridized carbons (Fsp3) is 0.0769. The summed E-state index contributed by atoms with van der Waals surface area (Å²) < 4.78 is 5.13. The fourth-order valence-electron chi connectivity index (χ4n) is 3.70. The van der Waals surface area contributed by atoms with Gasteiger partial charge in [0.1, 0.15) is 6.61 Å². The molecule has 4 rings (SSSR count). The number of rotatable bonds is 9. The summed E-state index contributed by atoms with van der Waals surface area (Å²) in [4.78, 5) is 43.1. The Hall–Kier alpha value is -3.61. The van der Waals surface area contributed by atoms with Crippen LogP contribution in [0.1, 0.15) is 48.2 Å². The molecule has 0 aliphatic rings. The van der Waals surface area contributed by atoms with Gasteiger partial charge in [0.15, 0.2) is 11.6 Å². The molecule has 1 heterocycles. The first-order valence-electron chi connectivity index (χ1n) is 10.1. The highest BCUT2D eigenvalue weighted by molar-refractivity contribution is 7.09. The Labute approximate surface area is 199 Å². The molecule has 1 unspecified atom stereocenters. The van der Waals surface area contributed by atoms with Crippen LogP contribution in [0, 0.1) is 0 Å². The molecule has 0 spiro atoms. The van der Waals surface area contributed by atoms with Crippen molar-refractivity contribution in [3.8, 4) is 0 Å². The molecule has 0 amide bonds. The van der Waals surface area contributed by atoms with Gasteiger partial charge >= 0.3 is 0 Å². The monoisotopic (exact) mass is 475 g/mol. The van der Waals surface area contributed by atoms with Crippen molar-refractivity contribution >= 4 is 41.0 Å². The van der Waals surface area contributed by atoms with Gasteiger partial charge in [-0.15, -0.1) is 11.3 Å². The number of carbonyl (C=O) groups excluding carboxylic acids is 3. The van der Waals surface area contributed by atoms with Crippen LogP contribution in [0.4, 0.5) is 0 Å². The van der Waals surface area contributed by atoms with Crippen molar-refractivity contribution in [2.75, 3.05) is 6.61 Å². The maximum Gasteiger partial charge on any atom is 0.293 e. The third kappa shape index (κ3) is 4.92. The topological polar surface area (TPSA) is 73.3 Å². The van der Waals surface area contributed by atoms with Crippen molar-refractivity contribution in [1.82, 2.24) is 4.98 Å². The predicted molar refractivity (Wildman–Crippen MR) is 127 cm³/mol. The van der Waals surface area contributed by atoms with E-state index in [-0.39, 0.29) is 34.3 Å². The Morgan fingerprint density at radius 2 is 1.48 bits per heavy atom. The standard InChI is InChI=1S/C26H18ClNO4S/c27-19-11-20(25(30)17-7-3-1-4-8-17)24(22(14-32-16-29)23-13-28-15-33-23)21(12-19)26(31)18-9-5-2-6-10-18/h1-13,15-16,22H,14H2. The van der Waals surface area contributed by atoms with Gasteiger partial charge in [0, 0.05) is 38.4 Å². The van der Waals surface area contributed by atoms with Crippen LogP contribution >= 0.6 is 22.9 Å². The number of aromatic nitrogens is 1. The predicted octanol–water partition coefficient (Wildman–Crippen LogP) is 5.56. The van der Waals surface area contributed by atoms with E-state index in [1.54, 1.807) is 72.4 Å².